The van der Waals surface area contributed by atoms with Crippen molar-refractivity contribution in [1.29, 1.82) is 0 Å². The van der Waals surface area contributed by atoms with Gasteiger partial charge in [-0.05, 0) is 31.7 Å². The lowest BCUT2D eigenvalue weighted by molar-refractivity contribution is 0.268. The molecule has 3 nitrogen and oxygen atoms in total. The smallest absolute Gasteiger partial charge is 0.125 e. The molecule has 0 spiro atoms. The van der Waals surface area contributed by atoms with Gasteiger partial charge in [0.25, 0.3) is 0 Å². The summed E-state index contributed by atoms with van der Waals surface area (Å²) in [7, 11) is 0. The molecule has 0 saturated heterocycles. The van der Waals surface area contributed by atoms with E-state index < -0.39 is 0 Å². The molecule has 0 bridgehead atoms. The second-order valence-corrected chi connectivity index (χ2v) is 5.78. The summed E-state index contributed by atoms with van der Waals surface area (Å²) in [6.45, 7) is 4.12. The van der Waals surface area contributed by atoms with Gasteiger partial charge in [-0.25, -0.2) is 9.97 Å². The molecular formula is C18H20N2O. The minimum absolute atomic E-state index is 0.0344. The number of aromatic nitrogens is 2. The summed E-state index contributed by atoms with van der Waals surface area (Å²) in [5.41, 5.74) is 3.27. The average Bonchev–Trinajstić information content (AvgIpc) is 3.22. The van der Waals surface area contributed by atoms with Gasteiger partial charge < -0.3 is 5.11 Å². The van der Waals surface area contributed by atoms with Crippen molar-refractivity contribution in [3.05, 3.63) is 65.2 Å². The molecule has 1 heterocycles. The van der Waals surface area contributed by atoms with Crippen LogP contribution in [-0.4, -0.2) is 21.7 Å². The number of aryl methyl sites for hydroxylation is 2. The molecule has 1 aromatic carbocycles. The number of hydrogen-bond acceptors (Lipinski definition) is 3. The van der Waals surface area contributed by atoms with Gasteiger partial charge in [-0.1, -0.05) is 42.5 Å². The second kappa shape index (κ2) is 5.41. The number of rotatable bonds is 4. The molecule has 1 aliphatic rings. The summed E-state index contributed by atoms with van der Waals surface area (Å²) in [5, 5.41) is 9.53. The van der Waals surface area contributed by atoms with Gasteiger partial charge in [0.05, 0.1) is 0 Å². The van der Waals surface area contributed by atoms with Crippen LogP contribution in [0.4, 0.5) is 0 Å². The predicted octanol–water partition coefficient (Wildman–Crippen LogP) is 3.06. The van der Waals surface area contributed by atoms with Crippen molar-refractivity contribution in [1.82, 2.24) is 9.97 Å². The second-order valence-electron chi connectivity index (χ2n) is 5.78. The number of hydrogen-bond donors (Lipinski definition) is 1. The van der Waals surface area contributed by atoms with Gasteiger partial charge in [0.15, 0.2) is 0 Å². The normalized spacial score (nSPS) is 24.4. The van der Waals surface area contributed by atoms with Crippen molar-refractivity contribution in [3.63, 3.8) is 0 Å². The summed E-state index contributed by atoms with van der Waals surface area (Å²) >= 11 is 0. The van der Waals surface area contributed by atoms with Crippen molar-refractivity contribution in [3.8, 4) is 0 Å². The lowest BCUT2D eigenvalue weighted by Gasteiger charge is -2.13. The molecule has 2 atom stereocenters. The van der Waals surface area contributed by atoms with Gasteiger partial charge in [0.2, 0.25) is 0 Å². The van der Waals surface area contributed by atoms with Gasteiger partial charge in [0, 0.05) is 29.5 Å². The molecule has 0 amide bonds. The fraction of sp³-hybridized carbons (Fsp3) is 0.333. The van der Waals surface area contributed by atoms with Crippen molar-refractivity contribution in [2.24, 2.45) is 5.92 Å². The van der Waals surface area contributed by atoms with Gasteiger partial charge in [-0.3, -0.25) is 0 Å². The van der Waals surface area contributed by atoms with Crippen LogP contribution in [0.1, 0.15) is 29.1 Å². The molecule has 0 radical (unpaired) electrons. The van der Waals surface area contributed by atoms with Crippen molar-refractivity contribution < 1.29 is 5.11 Å². The first kappa shape index (κ1) is 14.0. The fourth-order valence-electron chi connectivity index (χ4n) is 2.97. The van der Waals surface area contributed by atoms with E-state index in [9.17, 15) is 5.11 Å². The van der Waals surface area contributed by atoms with Crippen LogP contribution in [0.15, 0.2) is 42.6 Å². The Hall–Kier alpha value is -2.00. The van der Waals surface area contributed by atoms with E-state index >= 15 is 0 Å². The van der Waals surface area contributed by atoms with Gasteiger partial charge in [-0.15, -0.1) is 0 Å². The maximum Gasteiger partial charge on any atom is 0.125 e. The summed E-state index contributed by atoms with van der Waals surface area (Å²) < 4.78 is 0. The zero-order chi connectivity index (χ0) is 14.9. The highest BCUT2D eigenvalue weighted by molar-refractivity contribution is 5.56. The fourth-order valence-corrected chi connectivity index (χ4v) is 2.97. The highest BCUT2D eigenvalue weighted by Crippen LogP contribution is 2.55. The molecule has 1 aliphatic carbocycles. The summed E-state index contributed by atoms with van der Waals surface area (Å²) in [4.78, 5) is 8.66. The Morgan fingerprint density at radius 3 is 2.67 bits per heavy atom. The van der Waals surface area contributed by atoms with E-state index in [1.54, 1.807) is 0 Å². The van der Waals surface area contributed by atoms with E-state index in [1.165, 1.54) is 5.56 Å². The number of aliphatic hydroxyl groups excluding tert-OH is 1. The molecule has 108 valence electrons. The summed E-state index contributed by atoms with van der Waals surface area (Å²) in [6.07, 6.45) is 7.17. The van der Waals surface area contributed by atoms with Gasteiger partial charge in [0.1, 0.15) is 5.82 Å². The van der Waals surface area contributed by atoms with Crippen LogP contribution < -0.4 is 0 Å². The number of aliphatic hydroxyl groups is 1. The molecule has 21 heavy (non-hydrogen) atoms. The quantitative estimate of drug-likeness (QED) is 0.936. The lowest BCUT2D eigenvalue weighted by Crippen LogP contribution is -2.08. The van der Waals surface area contributed by atoms with Crippen LogP contribution in [0.5, 0.6) is 0 Å². The third-order valence-electron chi connectivity index (χ3n) is 4.38. The molecule has 0 aliphatic heterocycles. The van der Waals surface area contributed by atoms with Crippen LogP contribution in [0, 0.1) is 19.8 Å². The summed E-state index contributed by atoms with van der Waals surface area (Å²) in [6, 6.07) is 10.4. The molecule has 1 N–H and O–H groups in total. The monoisotopic (exact) mass is 280 g/mol. The topological polar surface area (TPSA) is 46.0 Å². The molecule has 3 heteroatoms. The Morgan fingerprint density at radius 2 is 2.05 bits per heavy atom. The molecule has 1 aromatic heterocycles. The Bertz CT molecular complexity index is 666. The molecule has 2 aromatic rings. The van der Waals surface area contributed by atoms with Crippen molar-refractivity contribution in [2.75, 3.05) is 6.61 Å². The third kappa shape index (κ3) is 2.61. The van der Waals surface area contributed by atoms with Gasteiger partial charge >= 0.3 is 0 Å². The first-order valence-corrected chi connectivity index (χ1v) is 7.31. The molecule has 1 saturated carbocycles. The third-order valence-corrected chi connectivity index (χ3v) is 4.38. The van der Waals surface area contributed by atoms with E-state index in [0.717, 1.165) is 23.5 Å². The number of nitrogens with zero attached hydrogens (tertiary/aromatic N) is 2. The highest BCUT2D eigenvalue weighted by atomic mass is 16.3. The lowest BCUT2D eigenvalue weighted by atomic mass is 9.92. The summed E-state index contributed by atoms with van der Waals surface area (Å²) in [5.74, 6) is 1.10. The maximum atomic E-state index is 9.53. The molecular weight excluding hydrogens is 260 g/mol. The van der Waals surface area contributed by atoms with Crippen LogP contribution >= 0.6 is 0 Å². The van der Waals surface area contributed by atoms with Crippen LogP contribution in [-0.2, 0) is 5.41 Å². The SMILES string of the molecule is Cc1ncc(/C=C/C2(c3ccccc3)CC2CO)c(C)n1. The Morgan fingerprint density at radius 1 is 1.29 bits per heavy atom. The molecule has 1 fully saturated rings. The zero-order valence-corrected chi connectivity index (χ0v) is 12.5. The Labute approximate surface area is 125 Å². The van der Waals surface area contributed by atoms with E-state index in [4.69, 9.17) is 0 Å². The molecule has 2 unspecified atom stereocenters. The Balaban J connectivity index is 1.92. The van der Waals surface area contributed by atoms with Crippen LogP contribution in [0.25, 0.3) is 6.08 Å². The van der Waals surface area contributed by atoms with Gasteiger partial charge in [-0.2, -0.15) is 0 Å². The zero-order valence-electron chi connectivity index (χ0n) is 12.5. The first-order valence-electron chi connectivity index (χ1n) is 7.31. The van der Waals surface area contributed by atoms with Crippen molar-refractivity contribution in [2.45, 2.75) is 25.7 Å². The van der Waals surface area contributed by atoms with E-state index in [1.807, 2.05) is 26.1 Å². The number of allylic oxidation sites excluding steroid dienone is 1. The maximum absolute atomic E-state index is 9.53. The minimum Gasteiger partial charge on any atom is -0.396 e. The van der Waals surface area contributed by atoms with E-state index in [2.05, 4.69) is 46.4 Å². The van der Waals surface area contributed by atoms with Crippen LogP contribution in [0.3, 0.4) is 0 Å². The average molecular weight is 280 g/mol. The van der Waals surface area contributed by atoms with Crippen LogP contribution in [0.2, 0.25) is 0 Å². The predicted molar refractivity (Wildman–Crippen MR) is 83.9 cm³/mol. The largest absolute Gasteiger partial charge is 0.396 e. The molecule has 3 rings (SSSR count). The van der Waals surface area contributed by atoms with Crippen molar-refractivity contribution >= 4 is 6.08 Å². The standard InChI is InChI=1S/C18H20N2O/c1-13-15(11-19-14(2)20-13)8-9-18(10-17(18)12-21)16-6-4-3-5-7-16/h3-9,11,17,21H,10,12H2,1-2H3/b9-8+. The number of benzene rings is 1. The Kier molecular flexibility index (Phi) is 3.60. The first-order chi connectivity index (χ1) is 10.2. The minimum atomic E-state index is -0.0344. The van der Waals surface area contributed by atoms with E-state index in [-0.39, 0.29) is 12.0 Å². The van der Waals surface area contributed by atoms with E-state index in [0.29, 0.717) is 5.92 Å². The highest BCUT2D eigenvalue weighted by Gasteiger charge is 2.52.